The Bertz CT molecular complexity index is 949. The normalized spacial score (nSPS) is 10.8. The zero-order valence-electron chi connectivity index (χ0n) is 12.6. The lowest BCUT2D eigenvalue weighted by molar-refractivity contribution is -0.518. The maximum absolute atomic E-state index is 5.63. The molecule has 0 aliphatic rings. The largest absolute Gasteiger partial charge is 0.464 e. The van der Waals surface area contributed by atoms with Gasteiger partial charge < -0.3 is 4.74 Å². The number of thiazole rings is 1. The van der Waals surface area contributed by atoms with Gasteiger partial charge in [-0.05, 0) is 21.9 Å². The maximum Gasteiger partial charge on any atom is 0.391 e. The number of ether oxygens (including phenoxy) is 1. The average molecular weight is 319 g/mol. The summed E-state index contributed by atoms with van der Waals surface area (Å²) in [6.45, 7) is 0. The van der Waals surface area contributed by atoms with Crippen LogP contribution in [-0.4, -0.2) is 12.1 Å². The molecular formula is C19H15N2OS+. The summed E-state index contributed by atoms with van der Waals surface area (Å²) in [5.41, 5.74) is 3.22. The molecule has 3 nitrogen and oxygen atoms in total. The molecule has 2 aromatic heterocycles. The van der Waals surface area contributed by atoms with Crippen LogP contribution >= 0.6 is 11.3 Å². The lowest BCUT2D eigenvalue weighted by Crippen LogP contribution is -2.21. The number of nitrogens with zero attached hydrogens (tertiary/aromatic N) is 2. The number of aromatic nitrogens is 2. The zero-order valence-corrected chi connectivity index (χ0v) is 13.5. The van der Waals surface area contributed by atoms with Crippen LogP contribution in [0.3, 0.4) is 0 Å². The van der Waals surface area contributed by atoms with Gasteiger partial charge in [0.15, 0.2) is 5.69 Å². The van der Waals surface area contributed by atoms with Crippen molar-refractivity contribution in [3.63, 3.8) is 0 Å². The Morgan fingerprint density at radius 3 is 2.17 bits per heavy atom. The van der Waals surface area contributed by atoms with Crippen LogP contribution in [0.25, 0.3) is 26.7 Å². The Balaban J connectivity index is 1.90. The van der Waals surface area contributed by atoms with Crippen LogP contribution in [0.1, 0.15) is 0 Å². The molecule has 2 aromatic carbocycles. The predicted molar refractivity (Wildman–Crippen MR) is 92.7 cm³/mol. The fraction of sp³-hybridized carbons (Fsp3) is 0.0526. The molecule has 0 saturated heterocycles. The van der Waals surface area contributed by atoms with Gasteiger partial charge in [0.25, 0.3) is 0 Å². The van der Waals surface area contributed by atoms with Crippen molar-refractivity contribution in [2.24, 2.45) is 0 Å². The minimum Gasteiger partial charge on any atom is -0.464 e. The Labute approximate surface area is 138 Å². The highest BCUT2D eigenvalue weighted by molar-refractivity contribution is 7.20. The van der Waals surface area contributed by atoms with E-state index in [4.69, 9.17) is 9.72 Å². The van der Waals surface area contributed by atoms with Crippen molar-refractivity contribution in [2.45, 2.75) is 0 Å². The van der Waals surface area contributed by atoms with Gasteiger partial charge in [0.2, 0.25) is 0 Å². The van der Waals surface area contributed by atoms with E-state index >= 15 is 0 Å². The summed E-state index contributed by atoms with van der Waals surface area (Å²) < 4.78 is 7.63. The molecule has 0 aliphatic heterocycles. The van der Waals surface area contributed by atoms with Crippen LogP contribution in [0.5, 0.6) is 5.88 Å². The van der Waals surface area contributed by atoms with Crippen molar-refractivity contribution in [1.29, 1.82) is 0 Å². The summed E-state index contributed by atoms with van der Waals surface area (Å²) >= 11 is 1.64. The van der Waals surface area contributed by atoms with E-state index in [1.54, 1.807) is 18.4 Å². The van der Waals surface area contributed by atoms with E-state index < -0.39 is 0 Å². The molecule has 4 rings (SSSR count). The first-order valence-electron chi connectivity index (χ1n) is 7.37. The minimum atomic E-state index is 0.823. The van der Waals surface area contributed by atoms with E-state index in [2.05, 4.69) is 24.3 Å². The van der Waals surface area contributed by atoms with Crippen LogP contribution in [0.2, 0.25) is 0 Å². The monoisotopic (exact) mass is 319 g/mol. The van der Waals surface area contributed by atoms with Gasteiger partial charge in [0, 0.05) is 11.6 Å². The smallest absolute Gasteiger partial charge is 0.391 e. The molecule has 2 heterocycles. The second-order valence-corrected chi connectivity index (χ2v) is 6.12. The summed E-state index contributed by atoms with van der Waals surface area (Å²) in [5.74, 6) is 0.823. The first-order chi connectivity index (χ1) is 11.4. The molecular weight excluding hydrogens is 304 g/mol. The number of methoxy groups -OCH3 is 1. The molecule has 0 atom stereocenters. The van der Waals surface area contributed by atoms with Gasteiger partial charge in [-0.2, -0.15) is 4.40 Å². The van der Waals surface area contributed by atoms with Crippen LogP contribution in [0, 0.1) is 0 Å². The summed E-state index contributed by atoms with van der Waals surface area (Å²) in [6.07, 6.45) is 2.02. The fourth-order valence-corrected chi connectivity index (χ4v) is 3.70. The Hall–Kier alpha value is -2.72. The van der Waals surface area contributed by atoms with Crippen molar-refractivity contribution >= 4 is 16.3 Å². The van der Waals surface area contributed by atoms with Crippen molar-refractivity contribution < 1.29 is 9.14 Å². The third-order valence-electron chi connectivity index (χ3n) is 3.71. The summed E-state index contributed by atoms with van der Waals surface area (Å²) in [7, 11) is 1.70. The van der Waals surface area contributed by atoms with Crippen LogP contribution in [0.15, 0.2) is 72.9 Å². The predicted octanol–water partition coefficient (Wildman–Crippen LogP) is 4.22. The van der Waals surface area contributed by atoms with Gasteiger partial charge in [0.05, 0.1) is 7.11 Å². The molecule has 0 spiro atoms. The molecule has 4 aromatic rings. The van der Waals surface area contributed by atoms with Crippen molar-refractivity contribution in [3.8, 4) is 27.6 Å². The minimum absolute atomic E-state index is 0.823. The standard InChI is InChI=1S/C19H15N2OS/c1-22-18-17(15-10-6-3-7-11-15)23-19-20-16(12-13-21(18)19)14-8-4-2-5-9-14/h2-13H,1H3/q+1. The quantitative estimate of drug-likeness (QED) is 0.528. The second-order valence-electron chi connectivity index (χ2n) is 5.14. The van der Waals surface area contributed by atoms with E-state index in [0.29, 0.717) is 0 Å². The molecule has 0 radical (unpaired) electrons. The van der Waals surface area contributed by atoms with Crippen LogP contribution in [0.4, 0.5) is 0 Å². The van der Waals surface area contributed by atoms with E-state index in [1.807, 2.05) is 53.1 Å². The molecule has 0 saturated carbocycles. The molecule has 0 bridgehead atoms. The maximum atomic E-state index is 5.63. The highest BCUT2D eigenvalue weighted by atomic mass is 32.1. The molecule has 112 valence electrons. The topological polar surface area (TPSA) is 26.2 Å². The number of hydrogen-bond acceptors (Lipinski definition) is 3. The summed E-state index contributed by atoms with van der Waals surface area (Å²) in [6, 6.07) is 22.5. The third-order valence-corrected chi connectivity index (χ3v) is 4.79. The van der Waals surface area contributed by atoms with Gasteiger partial charge >= 0.3 is 10.8 Å². The summed E-state index contributed by atoms with van der Waals surface area (Å²) in [5, 5.41) is 0. The summed E-state index contributed by atoms with van der Waals surface area (Å²) in [4.78, 5) is 6.81. The number of benzene rings is 2. The van der Waals surface area contributed by atoms with Crippen molar-refractivity contribution in [3.05, 3.63) is 72.9 Å². The van der Waals surface area contributed by atoms with Crippen molar-refractivity contribution in [2.75, 3.05) is 7.11 Å². The Morgan fingerprint density at radius 1 is 0.870 bits per heavy atom. The molecule has 0 aliphatic carbocycles. The van der Waals surface area contributed by atoms with Gasteiger partial charge in [-0.15, -0.1) is 0 Å². The SMILES string of the molecule is COc1c(-c2ccccc2)sc2nc(-c3ccccc3)cc[n+]12. The van der Waals surface area contributed by atoms with Gasteiger partial charge in [-0.1, -0.05) is 60.7 Å². The molecule has 23 heavy (non-hydrogen) atoms. The van der Waals surface area contributed by atoms with E-state index in [1.165, 1.54) is 0 Å². The second kappa shape index (κ2) is 5.82. The number of hydrogen-bond donors (Lipinski definition) is 0. The molecule has 0 unspecified atom stereocenters. The first kappa shape index (κ1) is 13.9. The van der Waals surface area contributed by atoms with Gasteiger partial charge in [-0.3, -0.25) is 0 Å². The lowest BCUT2D eigenvalue weighted by Gasteiger charge is -1.99. The van der Waals surface area contributed by atoms with Crippen LogP contribution < -0.4 is 9.14 Å². The van der Waals surface area contributed by atoms with E-state index in [9.17, 15) is 0 Å². The molecule has 0 amide bonds. The van der Waals surface area contributed by atoms with E-state index in [0.717, 1.165) is 32.5 Å². The third kappa shape index (κ3) is 2.47. The zero-order chi connectivity index (χ0) is 15.6. The number of rotatable bonds is 3. The fourth-order valence-electron chi connectivity index (χ4n) is 2.61. The van der Waals surface area contributed by atoms with Crippen molar-refractivity contribution in [1.82, 2.24) is 4.98 Å². The number of fused-ring (bicyclic) bond motifs is 1. The molecule has 4 heteroatoms. The van der Waals surface area contributed by atoms with Gasteiger partial charge in [0.1, 0.15) is 11.1 Å². The van der Waals surface area contributed by atoms with Gasteiger partial charge in [-0.25, -0.2) is 0 Å². The first-order valence-corrected chi connectivity index (χ1v) is 8.18. The molecule has 0 N–H and O–H groups in total. The van der Waals surface area contributed by atoms with E-state index in [-0.39, 0.29) is 0 Å². The Morgan fingerprint density at radius 2 is 1.52 bits per heavy atom. The lowest BCUT2D eigenvalue weighted by atomic mass is 10.1. The molecule has 0 fully saturated rings. The van der Waals surface area contributed by atoms with Crippen LogP contribution in [-0.2, 0) is 0 Å². The highest BCUT2D eigenvalue weighted by Gasteiger charge is 2.23. The highest BCUT2D eigenvalue weighted by Crippen LogP contribution is 2.34. The Kier molecular flexibility index (Phi) is 3.52. The average Bonchev–Trinajstić information content (AvgIpc) is 3.01.